The summed E-state index contributed by atoms with van der Waals surface area (Å²) in [5.41, 5.74) is 0.389. The Labute approximate surface area is 262 Å². The van der Waals surface area contributed by atoms with Crippen molar-refractivity contribution in [1.82, 2.24) is 20.8 Å². The van der Waals surface area contributed by atoms with Gasteiger partial charge < -0.3 is 10.4 Å². The van der Waals surface area contributed by atoms with E-state index in [1.165, 1.54) is 23.5 Å². The molecule has 0 spiro atoms. The molecule has 6 atom stereocenters. The molecule has 1 heterocycles. The zero-order valence-electron chi connectivity index (χ0n) is 27.5. The Kier molecular flexibility index (Phi) is 12.2. The van der Waals surface area contributed by atoms with Crippen molar-refractivity contribution in [2.24, 2.45) is 17.8 Å². The molecule has 0 aliphatic carbocycles. The molecule has 1 aromatic carbocycles. The van der Waals surface area contributed by atoms with Gasteiger partial charge in [0.1, 0.15) is 16.8 Å². The zero-order chi connectivity index (χ0) is 34.6. The minimum absolute atomic E-state index is 0.0918. The minimum Gasteiger partial charge on any atom is -0.477 e. The Morgan fingerprint density at radius 2 is 1.62 bits per heavy atom. The standard InChI is InChI=1S/C29H49F5N4O6S/c1-11-20(6)26(36-42-27(19(4)5)37(7)8)43-38(9)22(18(2)3)17-23(44-41-10)29(30)35-24(28(39)40)25(45(29,31,32,33)34)21-15-13-12-14-16-21/h12-16,18-20,22-23,26-27,35-36H,11,17H2,1-10H3,(H,39,40)/t20-,22+,23+,26-,27-,29?/m0/s1. The van der Waals surface area contributed by atoms with E-state index in [1.807, 2.05) is 46.7 Å². The van der Waals surface area contributed by atoms with Crippen molar-refractivity contribution in [3.8, 4) is 0 Å². The first-order valence-electron chi connectivity index (χ1n) is 14.7. The van der Waals surface area contributed by atoms with Gasteiger partial charge in [0, 0.05) is 19.5 Å². The maximum Gasteiger partial charge on any atom is 0.353 e. The molecule has 0 fully saturated rings. The van der Waals surface area contributed by atoms with Crippen LogP contribution in [0.2, 0.25) is 0 Å². The number of carbonyl (C=O) groups is 1. The highest BCUT2D eigenvalue weighted by Gasteiger charge is 2.89. The largest absolute Gasteiger partial charge is 0.477 e. The molecule has 0 amide bonds. The summed E-state index contributed by atoms with van der Waals surface area (Å²) in [6.45, 7) is 11.0. The van der Waals surface area contributed by atoms with E-state index in [-0.39, 0.29) is 18.1 Å². The van der Waals surface area contributed by atoms with Crippen LogP contribution in [0.4, 0.5) is 19.9 Å². The fraction of sp³-hybridized carbons (Fsp3) is 0.690. The molecule has 10 nitrogen and oxygen atoms in total. The van der Waals surface area contributed by atoms with E-state index in [1.54, 1.807) is 13.8 Å². The molecular formula is C29H49F5N4O6S. The van der Waals surface area contributed by atoms with Crippen molar-refractivity contribution in [2.75, 3.05) is 28.3 Å². The molecule has 2 rings (SSSR count). The monoisotopic (exact) mass is 676 g/mol. The average molecular weight is 677 g/mol. The van der Waals surface area contributed by atoms with Crippen LogP contribution in [0.25, 0.3) is 4.91 Å². The van der Waals surface area contributed by atoms with Crippen molar-refractivity contribution in [3.05, 3.63) is 41.6 Å². The molecule has 0 bridgehead atoms. The first kappa shape index (κ1) is 39.1. The Bertz CT molecular complexity index is 1180. The number of hydrogen-bond donors (Lipinski definition) is 3. The van der Waals surface area contributed by atoms with Crippen LogP contribution in [0.3, 0.4) is 0 Å². The number of benzene rings is 1. The van der Waals surface area contributed by atoms with Gasteiger partial charge in [-0.05, 0) is 43.8 Å². The third-order valence-electron chi connectivity index (χ3n) is 7.92. The van der Waals surface area contributed by atoms with Crippen LogP contribution in [-0.2, 0) is 24.2 Å². The van der Waals surface area contributed by atoms with Crippen LogP contribution in [-0.4, -0.2) is 79.0 Å². The highest BCUT2D eigenvalue weighted by molar-refractivity contribution is 8.57. The summed E-state index contributed by atoms with van der Waals surface area (Å²) in [4.78, 5) is 33.0. The number of hydroxylamine groups is 3. The van der Waals surface area contributed by atoms with Crippen LogP contribution in [0.5, 0.6) is 0 Å². The Morgan fingerprint density at radius 1 is 1.04 bits per heavy atom. The third-order valence-corrected chi connectivity index (χ3v) is 10.7. The number of alkyl halides is 1. The fourth-order valence-electron chi connectivity index (χ4n) is 5.27. The molecule has 1 aromatic rings. The second-order valence-electron chi connectivity index (χ2n) is 12.3. The van der Waals surface area contributed by atoms with Crippen LogP contribution in [0.15, 0.2) is 36.0 Å². The summed E-state index contributed by atoms with van der Waals surface area (Å²) in [6, 6.07) is 4.37. The minimum atomic E-state index is -10.2. The summed E-state index contributed by atoms with van der Waals surface area (Å²) < 4.78 is 81.7. The van der Waals surface area contributed by atoms with E-state index in [2.05, 4.69) is 10.4 Å². The predicted octanol–water partition coefficient (Wildman–Crippen LogP) is 6.74. The highest BCUT2D eigenvalue weighted by Crippen LogP contribution is 3.09. The van der Waals surface area contributed by atoms with Gasteiger partial charge in [0.25, 0.3) is 0 Å². The number of nitrogens with one attached hydrogen (secondary N) is 2. The average Bonchev–Trinajstić information content (AvgIpc) is 3.08. The number of aliphatic carboxylic acids is 1. The molecule has 1 aliphatic heterocycles. The molecule has 1 aliphatic rings. The number of rotatable bonds is 18. The molecule has 1 unspecified atom stereocenters. The van der Waals surface area contributed by atoms with Gasteiger partial charge in [0.05, 0.1) is 7.11 Å². The second kappa shape index (κ2) is 14.0. The maximum atomic E-state index is 16.8. The summed E-state index contributed by atoms with van der Waals surface area (Å²) in [7, 11) is -4.21. The Morgan fingerprint density at radius 3 is 2.07 bits per heavy atom. The van der Waals surface area contributed by atoms with E-state index in [0.717, 1.165) is 31.4 Å². The molecule has 3 N–H and O–H groups in total. The van der Waals surface area contributed by atoms with E-state index in [9.17, 15) is 9.90 Å². The quantitative estimate of drug-likeness (QED) is 0.0509. The molecule has 45 heavy (non-hydrogen) atoms. The van der Waals surface area contributed by atoms with Gasteiger partial charge >= 0.3 is 11.1 Å². The topological polar surface area (TPSA) is 105 Å². The van der Waals surface area contributed by atoms with E-state index < -0.39 is 67.8 Å². The Hall–Kier alpha value is -2.05. The third kappa shape index (κ3) is 7.92. The van der Waals surface area contributed by atoms with Gasteiger partial charge in [-0.2, -0.15) is 14.9 Å². The van der Waals surface area contributed by atoms with E-state index in [4.69, 9.17) is 14.6 Å². The lowest BCUT2D eigenvalue weighted by molar-refractivity contribution is -0.333. The summed E-state index contributed by atoms with van der Waals surface area (Å²) >= 11 is 0. The first-order valence-corrected chi connectivity index (χ1v) is 16.8. The second-order valence-corrected chi connectivity index (χ2v) is 15.4. The number of hydrogen-bond acceptors (Lipinski definition) is 9. The van der Waals surface area contributed by atoms with Crippen LogP contribution < -0.4 is 10.8 Å². The molecule has 0 aromatic heterocycles. The van der Waals surface area contributed by atoms with Crippen LogP contribution >= 0.6 is 9.84 Å². The SMILES string of the molecule is CC[C@H](C)[C@@H](NO[C@@H](C(C)C)N(C)C)ON(C)[C@H](C[C@@H](OOC)C1(F)NC(C(=O)O)=C(c2ccccc2)S1(F)(F)(F)F)C(C)C. The van der Waals surface area contributed by atoms with Gasteiger partial charge in [-0.15, -0.1) is 15.5 Å². The molecule has 0 saturated carbocycles. The normalized spacial score (nSPS) is 25.7. The van der Waals surface area contributed by atoms with Crippen molar-refractivity contribution >= 4 is 20.7 Å². The summed E-state index contributed by atoms with van der Waals surface area (Å²) in [6.07, 6.45) is -4.03. The number of nitrogens with zero attached hydrogens (tertiary/aromatic N) is 2. The van der Waals surface area contributed by atoms with Crippen molar-refractivity contribution < 1.29 is 49.3 Å². The smallest absolute Gasteiger partial charge is 0.353 e. The van der Waals surface area contributed by atoms with Gasteiger partial charge in [-0.1, -0.05) is 71.9 Å². The number of carboxylic acid groups (broad SMARTS) is 1. The van der Waals surface area contributed by atoms with Gasteiger partial charge in [0.2, 0.25) is 9.84 Å². The summed E-state index contributed by atoms with van der Waals surface area (Å²) in [5.74, 6) is -2.75. The van der Waals surface area contributed by atoms with Crippen LogP contribution in [0, 0.1) is 17.8 Å². The highest BCUT2D eigenvalue weighted by atomic mass is 32.5. The lowest BCUT2D eigenvalue weighted by atomic mass is 9.97. The fourth-order valence-corrected chi connectivity index (χ4v) is 7.69. The van der Waals surface area contributed by atoms with Gasteiger partial charge in [-0.25, -0.2) is 14.6 Å². The van der Waals surface area contributed by atoms with Crippen molar-refractivity contribution in [3.63, 3.8) is 0 Å². The molecule has 262 valence electrons. The zero-order valence-corrected chi connectivity index (χ0v) is 28.3. The summed E-state index contributed by atoms with van der Waals surface area (Å²) in [5, 5.41) is 7.27. The molecular weight excluding hydrogens is 627 g/mol. The van der Waals surface area contributed by atoms with Gasteiger partial charge in [0.15, 0.2) is 12.3 Å². The predicted molar refractivity (Wildman–Crippen MR) is 164 cm³/mol. The lowest BCUT2D eigenvalue weighted by Gasteiger charge is -2.56. The van der Waals surface area contributed by atoms with E-state index >= 15 is 19.9 Å². The van der Waals surface area contributed by atoms with Crippen LogP contribution in [0.1, 0.15) is 59.9 Å². The Balaban J connectivity index is 2.52. The molecule has 0 radical (unpaired) electrons. The van der Waals surface area contributed by atoms with Gasteiger partial charge in [-0.3, -0.25) is 14.6 Å². The van der Waals surface area contributed by atoms with E-state index in [0.29, 0.717) is 6.42 Å². The molecule has 0 saturated heterocycles. The molecule has 16 heteroatoms. The van der Waals surface area contributed by atoms with Crippen molar-refractivity contribution in [2.45, 2.75) is 84.1 Å². The number of halogens is 5. The lowest BCUT2D eigenvalue weighted by Crippen LogP contribution is -2.58. The number of carboxylic acids is 1. The maximum absolute atomic E-state index is 16.8. The van der Waals surface area contributed by atoms with Crippen molar-refractivity contribution in [1.29, 1.82) is 0 Å². The first-order chi connectivity index (χ1) is 20.6.